The highest BCUT2D eigenvalue weighted by atomic mass is 35.5. The van der Waals surface area contributed by atoms with Crippen LogP contribution >= 0.6 is 11.6 Å². The smallest absolute Gasteiger partial charge is 0.251 e. The van der Waals surface area contributed by atoms with E-state index < -0.39 is 10.0 Å². The first-order valence-electron chi connectivity index (χ1n) is 9.41. The highest BCUT2D eigenvalue weighted by Gasteiger charge is 2.28. The molecule has 1 fully saturated rings. The summed E-state index contributed by atoms with van der Waals surface area (Å²) in [5.41, 5.74) is 1.89. The van der Waals surface area contributed by atoms with Crippen molar-refractivity contribution < 1.29 is 13.2 Å². The number of nitrogens with one attached hydrogen (secondary N) is 1. The lowest BCUT2D eigenvalue weighted by atomic mass is 10.0. The van der Waals surface area contributed by atoms with Crippen molar-refractivity contribution in [3.63, 3.8) is 0 Å². The summed E-state index contributed by atoms with van der Waals surface area (Å²) in [6, 6.07) is 12.0. The number of carbonyl (C=O) groups excluding carboxylic acids is 1. The first kappa shape index (κ1) is 20.8. The number of halogens is 1. The quantitative estimate of drug-likeness (QED) is 0.794. The predicted molar refractivity (Wildman–Crippen MR) is 111 cm³/mol. The minimum atomic E-state index is -3.60. The molecular formula is C21H25ClN2O3S. The molecule has 1 amide bonds. The lowest BCUT2D eigenvalue weighted by Crippen LogP contribution is -2.38. The van der Waals surface area contributed by atoms with Crippen molar-refractivity contribution in [2.45, 2.75) is 38.1 Å². The number of rotatable bonds is 5. The maximum atomic E-state index is 13.0. The molecule has 5 nitrogen and oxygen atoms in total. The van der Waals surface area contributed by atoms with Crippen molar-refractivity contribution in [2.24, 2.45) is 5.92 Å². The SMILES string of the molecule is Cc1ccc(S(=O)(=O)N2CCC(C)CC2)cc1C(=O)NCc1ccccc1Cl. The van der Waals surface area contributed by atoms with Gasteiger partial charge in [-0.2, -0.15) is 4.31 Å². The van der Waals surface area contributed by atoms with Crippen molar-refractivity contribution in [1.82, 2.24) is 9.62 Å². The van der Waals surface area contributed by atoms with E-state index in [1.165, 1.54) is 10.4 Å². The summed E-state index contributed by atoms with van der Waals surface area (Å²) in [5.74, 6) is 0.220. The maximum Gasteiger partial charge on any atom is 0.251 e. The number of benzene rings is 2. The van der Waals surface area contributed by atoms with E-state index in [2.05, 4.69) is 12.2 Å². The van der Waals surface area contributed by atoms with E-state index in [0.29, 0.717) is 29.6 Å². The number of hydrogen-bond donors (Lipinski definition) is 1. The molecule has 1 saturated heterocycles. The van der Waals surface area contributed by atoms with Gasteiger partial charge in [0.1, 0.15) is 0 Å². The number of hydrogen-bond acceptors (Lipinski definition) is 3. The number of nitrogens with zero attached hydrogens (tertiary/aromatic N) is 1. The molecule has 0 unspecified atom stereocenters. The van der Waals surface area contributed by atoms with Crippen molar-refractivity contribution in [3.05, 3.63) is 64.2 Å². The molecule has 0 spiro atoms. The van der Waals surface area contributed by atoms with Crippen LogP contribution in [0.2, 0.25) is 5.02 Å². The summed E-state index contributed by atoms with van der Waals surface area (Å²) in [4.78, 5) is 12.8. The van der Waals surface area contributed by atoms with E-state index in [1.807, 2.05) is 18.2 Å². The number of piperidine rings is 1. The first-order valence-corrected chi connectivity index (χ1v) is 11.2. The van der Waals surface area contributed by atoms with Gasteiger partial charge in [-0.25, -0.2) is 8.42 Å². The van der Waals surface area contributed by atoms with Crippen molar-refractivity contribution in [1.29, 1.82) is 0 Å². The number of sulfonamides is 1. The Morgan fingerprint density at radius 2 is 1.86 bits per heavy atom. The minimum absolute atomic E-state index is 0.163. The van der Waals surface area contributed by atoms with Gasteiger partial charge in [0.2, 0.25) is 10.0 Å². The monoisotopic (exact) mass is 420 g/mol. The molecule has 1 heterocycles. The van der Waals surface area contributed by atoms with E-state index in [0.717, 1.165) is 24.0 Å². The Kier molecular flexibility index (Phi) is 6.43. The van der Waals surface area contributed by atoms with Crippen molar-refractivity contribution in [2.75, 3.05) is 13.1 Å². The Balaban J connectivity index is 1.79. The summed E-state index contributed by atoms with van der Waals surface area (Å²) in [6.45, 7) is 5.25. The van der Waals surface area contributed by atoms with Gasteiger partial charge in [-0.1, -0.05) is 42.8 Å². The van der Waals surface area contributed by atoms with Gasteiger partial charge in [-0.15, -0.1) is 0 Å². The summed E-state index contributed by atoms with van der Waals surface area (Å²) < 4.78 is 27.5. The average Bonchev–Trinajstić information content (AvgIpc) is 2.67. The van der Waals surface area contributed by atoms with Gasteiger partial charge < -0.3 is 5.32 Å². The van der Waals surface area contributed by atoms with E-state index in [-0.39, 0.29) is 17.3 Å². The second kappa shape index (κ2) is 8.64. The third-order valence-electron chi connectivity index (χ3n) is 5.23. The van der Waals surface area contributed by atoms with Gasteiger partial charge in [0.05, 0.1) is 4.90 Å². The molecule has 0 aliphatic carbocycles. The predicted octanol–water partition coefficient (Wildman–Crippen LogP) is 4.00. The molecule has 150 valence electrons. The standard InChI is InChI=1S/C21H25ClN2O3S/c1-15-9-11-24(12-10-15)28(26,27)18-8-7-16(2)19(13-18)21(25)23-14-17-5-3-4-6-20(17)22/h3-8,13,15H,9-12,14H2,1-2H3,(H,23,25). The van der Waals surface area contributed by atoms with E-state index >= 15 is 0 Å². The van der Waals surface area contributed by atoms with Crippen LogP contribution in [0.3, 0.4) is 0 Å². The molecule has 0 bridgehead atoms. The summed E-state index contributed by atoms with van der Waals surface area (Å²) in [7, 11) is -3.60. The van der Waals surface area contributed by atoms with E-state index in [4.69, 9.17) is 11.6 Å². The Morgan fingerprint density at radius 3 is 2.54 bits per heavy atom. The molecule has 0 aromatic heterocycles. The van der Waals surface area contributed by atoms with Crippen LogP contribution in [-0.2, 0) is 16.6 Å². The summed E-state index contributed by atoms with van der Waals surface area (Å²) in [5, 5.41) is 3.41. The fraction of sp³-hybridized carbons (Fsp3) is 0.381. The molecule has 1 N–H and O–H groups in total. The largest absolute Gasteiger partial charge is 0.348 e. The van der Waals surface area contributed by atoms with Gasteiger partial charge in [0, 0.05) is 30.2 Å². The second-order valence-electron chi connectivity index (χ2n) is 7.34. The molecule has 0 atom stereocenters. The topological polar surface area (TPSA) is 66.5 Å². The third kappa shape index (κ3) is 4.57. The van der Waals surface area contributed by atoms with Crippen LogP contribution < -0.4 is 5.32 Å². The zero-order chi connectivity index (χ0) is 20.3. The highest BCUT2D eigenvalue weighted by molar-refractivity contribution is 7.89. The van der Waals surface area contributed by atoms with Gasteiger partial charge in [-0.05, 0) is 55.0 Å². The molecule has 2 aromatic rings. The Hall–Kier alpha value is -1.89. The molecule has 2 aromatic carbocycles. The molecule has 28 heavy (non-hydrogen) atoms. The normalized spacial score (nSPS) is 16.1. The molecule has 1 aliphatic rings. The van der Waals surface area contributed by atoms with Crippen LogP contribution in [0.1, 0.15) is 41.3 Å². The van der Waals surface area contributed by atoms with Gasteiger partial charge in [-0.3, -0.25) is 4.79 Å². The minimum Gasteiger partial charge on any atom is -0.348 e. The molecular weight excluding hydrogens is 396 g/mol. The highest BCUT2D eigenvalue weighted by Crippen LogP contribution is 2.25. The second-order valence-corrected chi connectivity index (χ2v) is 9.68. The molecule has 0 saturated carbocycles. The zero-order valence-corrected chi connectivity index (χ0v) is 17.7. The first-order chi connectivity index (χ1) is 13.3. The fourth-order valence-electron chi connectivity index (χ4n) is 3.29. The van der Waals surface area contributed by atoms with Gasteiger partial charge in [0.15, 0.2) is 0 Å². The number of aryl methyl sites for hydroxylation is 1. The average molecular weight is 421 g/mol. The van der Waals surface area contributed by atoms with Crippen molar-refractivity contribution >= 4 is 27.5 Å². The Morgan fingerprint density at radius 1 is 1.18 bits per heavy atom. The van der Waals surface area contributed by atoms with E-state index in [1.54, 1.807) is 25.1 Å². The zero-order valence-electron chi connectivity index (χ0n) is 16.1. The maximum absolute atomic E-state index is 13.0. The van der Waals surface area contributed by atoms with Gasteiger partial charge in [0.25, 0.3) is 5.91 Å². The summed E-state index contributed by atoms with van der Waals surface area (Å²) >= 11 is 6.13. The molecule has 7 heteroatoms. The van der Waals surface area contributed by atoms with Gasteiger partial charge >= 0.3 is 0 Å². The Labute approximate surface area is 171 Å². The number of amides is 1. The molecule has 1 aliphatic heterocycles. The van der Waals surface area contributed by atoms with Crippen LogP contribution in [-0.4, -0.2) is 31.7 Å². The number of carbonyl (C=O) groups is 1. The van der Waals surface area contributed by atoms with Crippen LogP contribution in [0, 0.1) is 12.8 Å². The molecule has 3 rings (SSSR count). The lowest BCUT2D eigenvalue weighted by Gasteiger charge is -2.29. The van der Waals surface area contributed by atoms with Crippen LogP contribution in [0.5, 0.6) is 0 Å². The lowest BCUT2D eigenvalue weighted by molar-refractivity contribution is 0.0950. The van der Waals surface area contributed by atoms with Crippen LogP contribution in [0.4, 0.5) is 0 Å². The van der Waals surface area contributed by atoms with E-state index in [9.17, 15) is 13.2 Å². The third-order valence-corrected chi connectivity index (χ3v) is 7.49. The van der Waals surface area contributed by atoms with Crippen LogP contribution in [0.15, 0.2) is 47.4 Å². The van der Waals surface area contributed by atoms with Crippen LogP contribution in [0.25, 0.3) is 0 Å². The fourth-order valence-corrected chi connectivity index (χ4v) is 4.99. The molecule has 0 radical (unpaired) electrons. The Bertz CT molecular complexity index is 967. The van der Waals surface area contributed by atoms with Crippen molar-refractivity contribution in [3.8, 4) is 0 Å². The summed E-state index contributed by atoms with van der Waals surface area (Å²) in [6.07, 6.45) is 1.71.